The van der Waals surface area contributed by atoms with Gasteiger partial charge in [0.05, 0.1) is 18.4 Å². The van der Waals surface area contributed by atoms with E-state index in [1.165, 1.54) is 5.56 Å². The highest BCUT2D eigenvalue weighted by molar-refractivity contribution is 5.06. The second-order valence-electron chi connectivity index (χ2n) is 4.71. The molecule has 2 heterocycles. The minimum absolute atomic E-state index is 0.403. The van der Waals surface area contributed by atoms with Gasteiger partial charge in [-0.1, -0.05) is 6.92 Å². The van der Waals surface area contributed by atoms with E-state index in [0.29, 0.717) is 6.04 Å². The van der Waals surface area contributed by atoms with Gasteiger partial charge in [0, 0.05) is 30.5 Å². The van der Waals surface area contributed by atoms with Gasteiger partial charge in [0.25, 0.3) is 0 Å². The molecule has 0 fully saturated rings. The number of nitrogens with zero attached hydrogens (tertiary/aromatic N) is 4. The van der Waals surface area contributed by atoms with Crippen LogP contribution in [0.4, 0.5) is 0 Å². The van der Waals surface area contributed by atoms with E-state index in [1.54, 1.807) is 0 Å². The molecule has 5 heteroatoms. The molecule has 0 aliphatic rings. The molecule has 5 nitrogen and oxygen atoms in total. The molecule has 0 amide bonds. The third-order valence-electron chi connectivity index (χ3n) is 2.78. The van der Waals surface area contributed by atoms with Gasteiger partial charge < -0.3 is 5.32 Å². The van der Waals surface area contributed by atoms with Gasteiger partial charge in [-0.25, -0.2) is 0 Å². The maximum Gasteiger partial charge on any atom is 0.0849 e. The summed E-state index contributed by atoms with van der Waals surface area (Å²) in [6.45, 7) is 8.92. The second-order valence-corrected chi connectivity index (χ2v) is 4.71. The van der Waals surface area contributed by atoms with Gasteiger partial charge in [-0.05, 0) is 26.5 Å². The molecule has 0 radical (unpaired) electrons. The Morgan fingerprint density at radius 2 is 2.22 bits per heavy atom. The maximum absolute atomic E-state index is 4.52. The Morgan fingerprint density at radius 3 is 2.89 bits per heavy atom. The molecule has 0 atom stereocenters. The first-order valence-electron chi connectivity index (χ1n) is 6.45. The van der Waals surface area contributed by atoms with E-state index in [0.717, 1.165) is 25.3 Å². The number of rotatable bonds is 6. The van der Waals surface area contributed by atoms with Gasteiger partial charge in [-0.15, -0.1) is 0 Å². The first-order valence-corrected chi connectivity index (χ1v) is 6.45. The molecule has 0 aliphatic carbocycles. The van der Waals surface area contributed by atoms with Crippen LogP contribution in [0, 0.1) is 0 Å². The lowest BCUT2D eigenvalue weighted by Crippen LogP contribution is -2.11. The van der Waals surface area contributed by atoms with Crippen molar-refractivity contribution in [2.45, 2.75) is 39.9 Å². The van der Waals surface area contributed by atoms with E-state index < -0.39 is 0 Å². The van der Waals surface area contributed by atoms with Gasteiger partial charge >= 0.3 is 0 Å². The molecule has 98 valence electrons. The molecule has 0 aromatic carbocycles. The van der Waals surface area contributed by atoms with Crippen LogP contribution in [0.15, 0.2) is 24.7 Å². The normalized spacial score (nSPS) is 11.3. The largest absolute Gasteiger partial charge is 0.313 e. The van der Waals surface area contributed by atoms with Crippen LogP contribution in [-0.2, 0) is 13.1 Å². The van der Waals surface area contributed by atoms with E-state index in [9.17, 15) is 0 Å². The van der Waals surface area contributed by atoms with Crippen LogP contribution in [0.5, 0.6) is 0 Å². The van der Waals surface area contributed by atoms with Crippen molar-refractivity contribution >= 4 is 0 Å². The van der Waals surface area contributed by atoms with Crippen molar-refractivity contribution in [3.63, 3.8) is 0 Å². The lowest BCUT2D eigenvalue weighted by molar-refractivity contribution is 0.520. The van der Waals surface area contributed by atoms with E-state index in [4.69, 9.17) is 0 Å². The number of hydrogen-bond acceptors (Lipinski definition) is 3. The third-order valence-corrected chi connectivity index (χ3v) is 2.78. The predicted octanol–water partition coefficient (Wildman–Crippen LogP) is 1.82. The lowest BCUT2D eigenvalue weighted by Gasteiger charge is -2.03. The summed E-state index contributed by atoms with van der Waals surface area (Å²) in [6.07, 6.45) is 5.99. The van der Waals surface area contributed by atoms with Gasteiger partial charge in [0.1, 0.15) is 0 Å². The fourth-order valence-electron chi connectivity index (χ4n) is 1.77. The molecule has 0 bridgehead atoms. The van der Waals surface area contributed by atoms with Crippen molar-refractivity contribution < 1.29 is 0 Å². The summed E-state index contributed by atoms with van der Waals surface area (Å²) < 4.78 is 3.90. The zero-order chi connectivity index (χ0) is 13.0. The van der Waals surface area contributed by atoms with Gasteiger partial charge in [-0.2, -0.15) is 10.2 Å². The Balaban J connectivity index is 1.97. The van der Waals surface area contributed by atoms with Gasteiger partial charge in [0.2, 0.25) is 0 Å². The van der Waals surface area contributed by atoms with Crippen molar-refractivity contribution in [2.75, 3.05) is 6.54 Å². The smallest absolute Gasteiger partial charge is 0.0849 e. The first kappa shape index (κ1) is 12.8. The average Bonchev–Trinajstić information content (AvgIpc) is 2.96. The van der Waals surface area contributed by atoms with Gasteiger partial charge in [0.15, 0.2) is 0 Å². The first-order chi connectivity index (χ1) is 8.69. The average molecular weight is 247 g/mol. The van der Waals surface area contributed by atoms with Crippen LogP contribution in [-0.4, -0.2) is 26.1 Å². The van der Waals surface area contributed by atoms with Crippen LogP contribution in [0.25, 0.3) is 0 Å². The van der Waals surface area contributed by atoms with Crippen molar-refractivity contribution in [1.82, 2.24) is 24.9 Å². The second kappa shape index (κ2) is 5.82. The molecule has 18 heavy (non-hydrogen) atoms. The minimum Gasteiger partial charge on any atom is -0.313 e. The molecule has 0 saturated carbocycles. The van der Waals surface area contributed by atoms with E-state index in [-0.39, 0.29) is 0 Å². The topological polar surface area (TPSA) is 47.7 Å². The number of nitrogens with one attached hydrogen (secondary N) is 1. The predicted molar refractivity (Wildman–Crippen MR) is 71.3 cm³/mol. The molecule has 1 N–H and O–H groups in total. The Hall–Kier alpha value is -1.62. The highest BCUT2D eigenvalue weighted by Crippen LogP contribution is 2.06. The van der Waals surface area contributed by atoms with Crippen LogP contribution in [0.2, 0.25) is 0 Å². The van der Waals surface area contributed by atoms with Crippen LogP contribution in [0.1, 0.15) is 38.1 Å². The van der Waals surface area contributed by atoms with Crippen molar-refractivity contribution in [1.29, 1.82) is 0 Å². The highest BCUT2D eigenvalue weighted by atomic mass is 15.3. The quantitative estimate of drug-likeness (QED) is 0.847. The Bertz CT molecular complexity index is 483. The molecule has 0 aliphatic heterocycles. The monoisotopic (exact) mass is 247 g/mol. The summed E-state index contributed by atoms with van der Waals surface area (Å²) in [5, 5.41) is 12.2. The minimum atomic E-state index is 0.403. The standard InChI is InChI=1S/C13H21N5/c1-4-14-7-12-8-15-17(9-12)10-13-5-6-18(16-13)11(2)3/h5-6,8-9,11,14H,4,7,10H2,1-3H3. The molecule has 0 saturated heterocycles. The SMILES string of the molecule is CCNCc1cnn(Cc2ccn(C(C)C)n2)c1. The van der Waals surface area contributed by atoms with Crippen molar-refractivity contribution in [3.8, 4) is 0 Å². The maximum atomic E-state index is 4.52. The third kappa shape index (κ3) is 3.20. The molecule has 2 aromatic rings. The van der Waals surface area contributed by atoms with E-state index >= 15 is 0 Å². The zero-order valence-electron chi connectivity index (χ0n) is 11.3. The summed E-state index contributed by atoms with van der Waals surface area (Å²) >= 11 is 0. The van der Waals surface area contributed by atoms with E-state index in [1.807, 2.05) is 27.8 Å². The molecule has 0 unspecified atom stereocenters. The molecule has 2 aromatic heterocycles. The summed E-state index contributed by atoms with van der Waals surface area (Å²) in [7, 11) is 0. The number of hydrogen-bond donors (Lipinski definition) is 1. The summed E-state index contributed by atoms with van der Waals surface area (Å²) in [5.74, 6) is 0. The van der Waals surface area contributed by atoms with Crippen molar-refractivity contribution in [2.24, 2.45) is 0 Å². The zero-order valence-corrected chi connectivity index (χ0v) is 11.3. The molecular formula is C13H21N5. The van der Waals surface area contributed by atoms with Crippen LogP contribution >= 0.6 is 0 Å². The summed E-state index contributed by atoms with van der Waals surface area (Å²) in [5.41, 5.74) is 2.25. The summed E-state index contributed by atoms with van der Waals surface area (Å²) in [6, 6.07) is 2.45. The van der Waals surface area contributed by atoms with Crippen LogP contribution < -0.4 is 5.32 Å². The molecule has 0 spiro atoms. The fourth-order valence-corrected chi connectivity index (χ4v) is 1.77. The Labute approximate surface area is 108 Å². The molecule has 2 rings (SSSR count). The highest BCUT2D eigenvalue weighted by Gasteiger charge is 2.04. The van der Waals surface area contributed by atoms with E-state index in [2.05, 4.69) is 42.5 Å². The van der Waals surface area contributed by atoms with Crippen LogP contribution in [0.3, 0.4) is 0 Å². The Morgan fingerprint density at radius 1 is 1.39 bits per heavy atom. The Kier molecular flexibility index (Phi) is 4.15. The fraction of sp³-hybridized carbons (Fsp3) is 0.538. The van der Waals surface area contributed by atoms with Gasteiger partial charge in [-0.3, -0.25) is 9.36 Å². The molecular weight excluding hydrogens is 226 g/mol. The van der Waals surface area contributed by atoms with Crippen molar-refractivity contribution in [3.05, 3.63) is 35.9 Å². The summed E-state index contributed by atoms with van der Waals surface area (Å²) in [4.78, 5) is 0. The lowest BCUT2D eigenvalue weighted by atomic mass is 10.3. The number of aromatic nitrogens is 4.